The van der Waals surface area contributed by atoms with Crippen molar-refractivity contribution in [2.24, 2.45) is 0 Å². The van der Waals surface area contributed by atoms with Crippen LogP contribution in [0.25, 0.3) is 0 Å². The van der Waals surface area contributed by atoms with Crippen LogP contribution in [0.3, 0.4) is 0 Å². The van der Waals surface area contributed by atoms with Crippen LogP contribution < -0.4 is 20.1 Å². The molecule has 0 bridgehead atoms. The Labute approximate surface area is 151 Å². The van der Waals surface area contributed by atoms with E-state index < -0.39 is 0 Å². The number of benzene rings is 2. The molecule has 2 aromatic carbocycles. The van der Waals surface area contributed by atoms with Crippen molar-refractivity contribution in [1.29, 1.82) is 0 Å². The molecule has 2 amide bonds. The van der Waals surface area contributed by atoms with Crippen molar-refractivity contribution in [3.63, 3.8) is 0 Å². The highest BCUT2D eigenvalue weighted by molar-refractivity contribution is 6.31. The molecule has 0 spiro atoms. The Kier molecular flexibility index (Phi) is 6.65. The number of nitrogens with one attached hydrogen (secondary N) is 2. The van der Waals surface area contributed by atoms with Crippen LogP contribution in [-0.2, 0) is 4.79 Å². The van der Waals surface area contributed by atoms with Gasteiger partial charge in [-0.3, -0.25) is 9.59 Å². The van der Waals surface area contributed by atoms with Crippen LogP contribution in [0.1, 0.15) is 16.8 Å². The van der Waals surface area contributed by atoms with E-state index in [4.69, 9.17) is 21.1 Å². The first-order valence-electron chi connectivity index (χ1n) is 7.59. The van der Waals surface area contributed by atoms with Crippen LogP contribution in [0.2, 0.25) is 5.02 Å². The molecule has 0 heterocycles. The summed E-state index contributed by atoms with van der Waals surface area (Å²) in [6.45, 7) is 0.199. The van der Waals surface area contributed by atoms with Gasteiger partial charge in [-0.15, -0.1) is 0 Å². The molecule has 0 saturated heterocycles. The highest BCUT2D eigenvalue weighted by atomic mass is 35.5. The molecule has 0 saturated carbocycles. The number of amides is 2. The lowest BCUT2D eigenvalue weighted by Crippen LogP contribution is -2.27. The second-order valence-electron chi connectivity index (χ2n) is 5.13. The molecule has 7 heteroatoms. The van der Waals surface area contributed by atoms with Crippen LogP contribution >= 0.6 is 11.6 Å². The summed E-state index contributed by atoms with van der Waals surface area (Å²) < 4.78 is 10.2. The monoisotopic (exact) mass is 362 g/mol. The van der Waals surface area contributed by atoms with Crippen molar-refractivity contribution in [3.8, 4) is 11.5 Å². The van der Waals surface area contributed by atoms with E-state index in [9.17, 15) is 9.59 Å². The molecule has 6 nitrogen and oxygen atoms in total. The van der Waals surface area contributed by atoms with Crippen molar-refractivity contribution < 1.29 is 19.1 Å². The average molecular weight is 363 g/mol. The van der Waals surface area contributed by atoms with Crippen LogP contribution in [0.5, 0.6) is 11.5 Å². The molecular weight excluding hydrogens is 344 g/mol. The van der Waals surface area contributed by atoms with E-state index >= 15 is 0 Å². The number of halogens is 1. The standard InChI is InChI=1S/C18H19ClN2O4/c1-24-14-5-3-4-12(10-14)18(23)20-9-8-17(22)21-15-11-13(19)6-7-16(15)25-2/h3-7,10-11H,8-9H2,1-2H3,(H,20,23)(H,21,22). The van der Waals surface area contributed by atoms with Gasteiger partial charge in [0.25, 0.3) is 5.91 Å². The minimum atomic E-state index is -0.271. The molecule has 0 unspecified atom stereocenters. The third-order valence-electron chi connectivity index (χ3n) is 3.41. The van der Waals surface area contributed by atoms with Gasteiger partial charge in [0.1, 0.15) is 11.5 Å². The maximum Gasteiger partial charge on any atom is 0.251 e. The molecule has 0 atom stereocenters. The number of hydrogen-bond acceptors (Lipinski definition) is 4. The second kappa shape index (κ2) is 8.94. The summed E-state index contributed by atoms with van der Waals surface area (Å²) in [7, 11) is 3.04. The lowest BCUT2D eigenvalue weighted by molar-refractivity contribution is -0.116. The van der Waals surface area contributed by atoms with E-state index in [2.05, 4.69) is 10.6 Å². The highest BCUT2D eigenvalue weighted by Gasteiger charge is 2.10. The van der Waals surface area contributed by atoms with Crippen LogP contribution in [0.15, 0.2) is 42.5 Å². The van der Waals surface area contributed by atoms with E-state index in [0.717, 1.165) is 0 Å². The Morgan fingerprint density at radius 3 is 2.60 bits per heavy atom. The highest BCUT2D eigenvalue weighted by Crippen LogP contribution is 2.27. The first-order valence-corrected chi connectivity index (χ1v) is 7.97. The average Bonchev–Trinajstić information content (AvgIpc) is 2.62. The molecule has 2 aromatic rings. The molecule has 132 valence electrons. The minimum Gasteiger partial charge on any atom is -0.497 e. The largest absolute Gasteiger partial charge is 0.497 e. The number of carbonyl (C=O) groups excluding carboxylic acids is 2. The van der Waals surface area contributed by atoms with Gasteiger partial charge in [0, 0.05) is 23.6 Å². The zero-order valence-electron chi connectivity index (χ0n) is 14.0. The van der Waals surface area contributed by atoms with E-state index in [-0.39, 0.29) is 24.8 Å². The normalized spacial score (nSPS) is 10.0. The van der Waals surface area contributed by atoms with Gasteiger partial charge in [-0.05, 0) is 36.4 Å². The Hall–Kier alpha value is -2.73. The van der Waals surface area contributed by atoms with Crippen molar-refractivity contribution in [2.75, 3.05) is 26.1 Å². The second-order valence-corrected chi connectivity index (χ2v) is 5.57. The fourth-order valence-electron chi connectivity index (χ4n) is 2.15. The molecule has 0 aliphatic rings. The molecule has 0 aromatic heterocycles. The van der Waals surface area contributed by atoms with E-state index in [1.807, 2.05) is 0 Å². The summed E-state index contributed by atoms with van der Waals surface area (Å²) in [4.78, 5) is 24.1. The zero-order valence-corrected chi connectivity index (χ0v) is 14.7. The predicted octanol–water partition coefficient (Wildman–Crippen LogP) is 3.12. The molecule has 2 rings (SSSR count). The SMILES string of the molecule is COc1cccc(C(=O)NCCC(=O)Nc2cc(Cl)ccc2OC)c1. The number of ether oxygens (including phenoxy) is 2. The van der Waals surface area contributed by atoms with Crippen molar-refractivity contribution in [1.82, 2.24) is 5.32 Å². The number of rotatable bonds is 7. The van der Waals surface area contributed by atoms with Crippen LogP contribution in [0, 0.1) is 0 Å². The van der Waals surface area contributed by atoms with Gasteiger partial charge in [0.05, 0.1) is 19.9 Å². The summed E-state index contributed by atoms with van der Waals surface area (Å²) in [6.07, 6.45) is 0.116. The number of methoxy groups -OCH3 is 2. The van der Waals surface area contributed by atoms with Gasteiger partial charge in [-0.2, -0.15) is 0 Å². The minimum absolute atomic E-state index is 0.116. The Morgan fingerprint density at radius 1 is 1.08 bits per heavy atom. The third-order valence-corrected chi connectivity index (χ3v) is 3.64. The fraction of sp³-hybridized carbons (Fsp3) is 0.222. The zero-order chi connectivity index (χ0) is 18.2. The summed E-state index contributed by atoms with van der Waals surface area (Å²) >= 11 is 5.92. The van der Waals surface area contributed by atoms with E-state index in [0.29, 0.717) is 27.8 Å². The fourth-order valence-corrected chi connectivity index (χ4v) is 2.32. The summed E-state index contributed by atoms with van der Waals surface area (Å²) in [5.74, 6) is 0.579. The van der Waals surface area contributed by atoms with Crippen molar-refractivity contribution in [3.05, 3.63) is 53.1 Å². The van der Waals surface area contributed by atoms with E-state index in [1.54, 1.807) is 42.5 Å². The smallest absolute Gasteiger partial charge is 0.251 e. The van der Waals surface area contributed by atoms with E-state index in [1.165, 1.54) is 14.2 Å². The topological polar surface area (TPSA) is 76.7 Å². The Balaban J connectivity index is 1.86. The van der Waals surface area contributed by atoms with Crippen LogP contribution in [0.4, 0.5) is 5.69 Å². The number of carbonyl (C=O) groups is 2. The predicted molar refractivity (Wildman–Crippen MR) is 96.6 cm³/mol. The Bertz CT molecular complexity index is 764. The number of hydrogen-bond donors (Lipinski definition) is 2. The first-order chi connectivity index (χ1) is 12.0. The quantitative estimate of drug-likeness (QED) is 0.793. The third kappa shape index (κ3) is 5.39. The van der Waals surface area contributed by atoms with Crippen molar-refractivity contribution >= 4 is 29.1 Å². The molecule has 2 N–H and O–H groups in total. The van der Waals surface area contributed by atoms with Crippen molar-refractivity contribution in [2.45, 2.75) is 6.42 Å². The maximum absolute atomic E-state index is 12.1. The van der Waals surface area contributed by atoms with Gasteiger partial charge in [-0.1, -0.05) is 17.7 Å². The summed E-state index contributed by atoms with van der Waals surface area (Å²) in [5.41, 5.74) is 0.954. The lowest BCUT2D eigenvalue weighted by atomic mass is 10.2. The molecule has 0 fully saturated rings. The molecular formula is C18H19ClN2O4. The van der Waals surface area contributed by atoms with Gasteiger partial charge in [0.2, 0.25) is 5.91 Å². The lowest BCUT2D eigenvalue weighted by Gasteiger charge is -2.11. The molecule has 0 aliphatic carbocycles. The first kappa shape index (κ1) is 18.6. The molecule has 25 heavy (non-hydrogen) atoms. The van der Waals surface area contributed by atoms with Gasteiger partial charge < -0.3 is 20.1 Å². The molecule has 0 aliphatic heterocycles. The van der Waals surface area contributed by atoms with Crippen LogP contribution in [-0.4, -0.2) is 32.6 Å². The number of anilines is 1. The molecule has 0 radical (unpaired) electrons. The van der Waals surface area contributed by atoms with Gasteiger partial charge in [-0.25, -0.2) is 0 Å². The van der Waals surface area contributed by atoms with Gasteiger partial charge >= 0.3 is 0 Å². The maximum atomic E-state index is 12.1. The summed E-state index contributed by atoms with van der Waals surface area (Å²) in [6, 6.07) is 11.7. The summed E-state index contributed by atoms with van der Waals surface area (Å²) in [5, 5.41) is 5.90. The van der Waals surface area contributed by atoms with Gasteiger partial charge in [0.15, 0.2) is 0 Å². The Morgan fingerprint density at radius 2 is 1.88 bits per heavy atom.